The summed E-state index contributed by atoms with van der Waals surface area (Å²) in [5.41, 5.74) is 13.6. The van der Waals surface area contributed by atoms with Crippen molar-refractivity contribution in [3.8, 4) is 0 Å². The molecule has 176 valence electrons. The van der Waals surface area contributed by atoms with E-state index in [1.54, 1.807) is 56.6 Å². The van der Waals surface area contributed by atoms with Crippen LogP contribution in [-0.2, 0) is 20.1 Å². The molecule has 1 saturated heterocycles. The average Bonchev–Trinajstić information content (AvgIpc) is 3.70. The Hall–Kier alpha value is -0.413. The quantitative estimate of drug-likeness (QED) is 0.439. The zero-order valence-electron chi connectivity index (χ0n) is 20.3. The Morgan fingerprint density at radius 2 is 1.06 bits per heavy atom. The third-order valence-electron chi connectivity index (χ3n) is 8.90. The van der Waals surface area contributed by atoms with Crippen LogP contribution in [0.3, 0.4) is 0 Å². The van der Waals surface area contributed by atoms with E-state index in [2.05, 4.69) is 62.4 Å². The minimum atomic E-state index is -2.08. The molecule has 1 aliphatic heterocycles. The third kappa shape index (κ3) is 4.13. The summed E-state index contributed by atoms with van der Waals surface area (Å²) in [5, 5.41) is 0. The summed E-state index contributed by atoms with van der Waals surface area (Å²) in [4.78, 5) is 0. The summed E-state index contributed by atoms with van der Waals surface area (Å²) in [6.07, 6.45) is 14.0. The predicted molar refractivity (Wildman–Crippen MR) is 134 cm³/mol. The van der Waals surface area contributed by atoms with Crippen LogP contribution in [0, 0.1) is 0 Å². The van der Waals surface area contributed by atoms with E-state index in [4.69, 9.17) is 0 Å². The zero-order valence-corrected chi connectivity index (χ0v) is 26.4. The summed E-state index contributed by atoms with van der Waals surface area (Å²) >= 11 is -2.08. The number of allylic oxidation sites excluding steroid dienone is 2. The topological polar surface area (TPSA) is 0 Å². The summed E-state index contributed by atoms with van der Waals surface area (Å²) < 4.78 is 1.70. The Morgan fingerprint density at radius 3 is 1.47 bits per heavy atom. The molecule has 7 rings (SSSR count). The van der Waals surface area contributed by atoms with Gasteiger partial charge in [0.1, 0.15) is 0 Å². The Balaban J connectivity index is 0.00000120. The molecule has 2 aromatic rings. The van der Waals surface area contributed by atoms with Gasteiger partial charge < -0.3 is 24.8 Å². The van der Waals surface area contributed by atoms with Gasteiger partial charge in [-0.2, -0.15) is 0 Å². The standard InChI is InChI=1S/2C13H13.C4H8Si.2ClH.Hf/c2*1-9-7-11-3-2-4-12(10-5-6-10)13(11)8-9;1-2-4-5-3-1;;;/h2*2-4,7-8,10H,5-6H2,1H3;1-4H2;2*1H;/q;;;;;+2/p-2. The Labute approximate surface area is 225 Å². The molecular weight excluding hydrogens is 638 g/mol. The van der Waals surface area contributed by atoms with E-state index < -0.39 is 20.1 Å². The SMILES string of the molecule is CC1=Cc2c(C3CC3)cccc2[CH]1[Hf+2]([CH]1C(C)=Cc2c(C3CC3)cccc21)=[Si]1CCCC1.[Cl-].[Cl-]. The maximum atomic E-state index is 2.66. The van der Waals surface area contributed by atoms with Crippen LogP contribution in [-0.4, -0.2) is 5.49 Å². The van der Waals surface area contributed by atoms with E-state index in [1.807, 2.05) is 0 Å². The summed E-state index contributed by atoms with van der Waals surface area (Å²) in [6.45, 7) is 5.03. The van der Waals surface area contributed by atoms with E-state index in [1.165, 1.54) is 38.5 Å². The fourth-order valence-electron chi connectivity index (χ4n) is 7.14. The van der Waals surface area contributed by atoms with E-state index >= 15 is 0 Å². The smallest absolute Gasteiger partial charge is 1.00 e. The zero-order chi connectivity index (χ0) is 21.4. The average molecular weight is 672 g/mol. The molecule has 2 saturated carbocycles. The molecule has 4 aliphatic carbocycles. The molecule has 2 aromatic carbocycles. The number of halogens is 2. The van der Waals surface area contributed by atoms with Crippen molar-refractivity contribution in [1.29, 1.82) is 0 Å². The van der Waals surface area contributed by atoms with Crippen molar-refractivity contribution in [3.63, 3.8) is 0 Å². The first-order chi connectivity index (χ1) is 15.7. The molecule has 0 N–H and O–H groups in total. The molecule has 0 nitrogen and oxygen atoms in total. The normalized spacial score (nSPS) is 24.3. The molecule has 4 heteroatoms. The van der Waals surface area contributed by atoms with Crippen molar-refractivity contribution >= 4 is 17.6 Å². The number of fused-ring (bicyclic) bond motifs is 2. The third-order valence-corrected chi connectivity index (χ3v) is 40.5. The second kappa shape index (κ2) is 9.80. The largest absolute Gasteiger partial charge is 1.00 e. The second-order valence-corrected chi connectivity index (χ2v) is 33.1. The van der Waals surface area contributed by atoms with Gasteiger partial charge >= 0.3 is 202 Å². The van der Waals surface area contributed by atoms with Gasteiger partial charge in [0.15, 0.2) is 0 Å². The van der Waals surface area contributed by atoms with Gasteiger partial charge in [-0.3, -0.25) is 0 Å². The van der Waals surface area contributed by atoms with Gasteiger partial charge in [0.05, 0.1) is 0 Å². The molecule has 0 aromatic heterocycles. The number of hydrogen-bond acceptors (Lipinski definition) is 0. The molecule has 34 heavy (non-hydrogen) atoms. The van der Waals surface area contributed by atoms with E-state index in [0.29, 0.717) is 0 Å². The van der Waals surface area contributed by atoms with Crippen LogP contribution in [0.15, 0.2) is 47.5 Å². The Morgan fingerprint density at radius 1 is 0.647 bits per heavy atom. The molecule has 2 atom stereocenters. The van der Waals surface area contributed by atoms with Crippen LogP contribution in [0.1, 0.15) is 105 Å². The summed E-state index contributed by atoms with van der Waals surface area (Å²) in [6, 6.07) is 18.1. The van der Waals surface area contributed by atoms with Crippen molar-refractivity contribution in [2.75, 3.05) is 0 Å². The number of benzene rings is 2. The van der Waals surface area contributed by atoms with Gasteiger partial charge in [-0.05, 0) is 0 Å². The fourth-order valence-corrected chi connectivity index (χ4v) is 44.8. The molecular formula is C30H34Cl2HfSi. The van der Waals surface area contributed by atoms with Gasteiger partial charge in [-0.1, -0.05) is 0 Å². The second-order valence-electron chi connectivity index (χ2n) is 11.2. The van der Waals surface area contributed by atoms with Crippen molar-refractivity contribution in [3.05, 3.63) is 80.9 Å². The van der Waals surface area contributed by atoms with Crippen LogP contribution >= 0.6 is 0 Å². The molecule has 2 unspecified atom stereocenters. The molecule has 5 aliphatic rings. The minimum Gasteiger partial charge on any atom is -1.00 e. The molecule has 0 spiro atoms. The molecule has 3 fully saturated rings. The first kappa shape index (κ1) is 25.2. The van der Waals surface area contributed by atoms with Gasteiger partial charge in [0, 0.05) is 0 Å². The predicted octanol–water partition coefficient (Wildman–Crippen LogP) is 2.47. The van der Waals surface area contributed by atoms with Gasteiger partial charge in [0.25, 0.3) is 0 Å². The van der Waals surface area contributed by atoms with Gasteiger partial charge in [0.2, 0.25) is 0 Å². The maximum absolute atomic E-state index is 2.66. The van der Waals surface area contributed by atoms with E-state index in [0.717, 1.165) is 19.2 Å². The van der Waals surface area contributed by atoms with Crippen LogP contribution in [0.5, 0.6) is 0 Å². The Bertz CT molecular complexity index is 1140. The summed E-state index contributed by atoms with van der Waals surface area (Å²) in [7, 11) is 0. The van der Waals surface area contributed by atoms with Crippen LogP contribution in [0.4, 0.5) is 0 Å². The fraction of sp³-hybridized carbons (Fsp3) is 0.467. The molecule has 1 heterocycles. The minimum absolute atomic E-state index is 0. The monoisotopic (exact) mass is 672 g/mol. The van der Waals surface area contributed by atoms with E-state index in [-0.39, 0.29) is 30.3 Å². The van der Waals surface area contributed by atoms with E-state index in [9.17, 15) is 0 Å². The first-order valence-corrected chi connectivity index (χ1v) is 24.5. The molecule has 0 radical (unpaired) electrons. The van der Waals surface area contributed by atoms with Gasteiger partial charge in [-0.25, -0.2) is 0 Å². The van der Waals surface area contributed by atoms with Crippen LogP contribution in [0.25, 0.3) is 12.2 Å². The number of hydrogen-bond donors (Lipinski definition) is 0. The van der Waals surface area contributed by atoms with Crippen molar-refractivity contribution in [1.82, 2.24) is 0 Å². The van der Waals surface area contributed by atoms with Crippen molar-refractivity contribution < 1.29 is 44.9 Å². The number of rotatable bonds is 4. The van der Waals surface area contributed by atoms with Crippen LogP contribution < -0.4 is 24.8 Å². The molecule has 0 bridgehead atoms. The van der Waals surface area contributed by atoms with Crippen molar-refractivity contribution in [2.24, 2.45) is 0 Å². The first-order valence-electron chi connectivity index (χ1n) is 13.0. The van der Waals surface area contributed by atoms with Crippen LogP contribution in [0.2, 0.25) is 12.1 Å². The summed E-state index contributed by atoms with van der Waals surface area (Å²) in [5.74, 6) is 1.72. The van der Waals surface area contributed by atoms with Crippen molar-refractivity contribution in [2.45, 2.75) is 83.6 Å². The Kier molecular flexibility index (Phi) is 7.28. The maximum Gasteiger partial charge on any atom is -1.00 e. The van der Waals surface area contributed by atoms with Gasteiger partial charge in [-0.15, -0.1) is 0 Å². The molecule has 0 amide bonds.